The number of fused-ring (bicyclic) bond motifs is 1. The Labute approximate surface area is 123 Å². The van der Waals surface area contributed by atoms with Gasteiger partial charge in [-0.1, -0.05) is 57.1 Å². The fraction of sp³-hybridized carbons (Fsp3) is 0.714. The van der Waals surface area contributed by atoms with Gasteiger partial charge in [-0.15, -0.1) is 5.10 Å². The number of unbranched alkanes of at least 4 members (excludes halogenated alkanes) is 7. The van der Waals surface area contributed by atoms with Crippen molar-refractivity contribution in [3.8, 4) is 0 Å². The van der Waals surface area contributed by atoms with Gasteiger partial charge in [0.05, 0.1) is 0 Å². The normalized spacial score (nSPS) is 11.3. The zero-order valence-corrected chi connectivity index (χ0v) is 12.6. The first kappa shape index (κ1) is 15.5. The van der Waals surface area contributed by atoms with Gasteiger partial charge in [0.15, 0.2) is 11.2 Å². The summed E-state index contributed by atoms with van der Waals surface area (Å²) in [6.07, 6.45) is 10.0. The van der Waals surface area contributed by atoms with E-state index in [2.05, 4.69) is 27.2 Å². The van der Waals surface area contributed by atoms with Crippen LogP contribution in [0.15, 0.2) is 4.79 Å². The van der Waals surface area contributed by atoms with Crippen molar-refractivity contribution in [2.24, 2.45) is 0 Å². The number of nitrogens with zero attached hydrogens (tertiary/aromatic N) is 4. The molecule has 116 valence electrons. The third-order valence-electron chi connectivity index (χ3n) is 3.62. The van der Waals surface area contributed by atoms with E-state index in [4.69, 9.17) is 5.73 Å². The monoisotopic (exact) mass is 292 g/mol. The smallest absolute Gasteiger partial charge is 0.282 e. The van der Waals surface area contributed by atoms with Crippen LogP contribution in [0, 0.1) is 0 Å². The Hall–Kier alpha value is -1.92. The molecule has 0 atom stereocenters. The molecule has 21 heavy (non-hydrogen) atoms. The van der Waals surface area contributed by atoms with Crippen LogP contribution in [0.1, 0.15) is 58.3 Å². The first-order chi connectivity index (χ1) is 10.2. The molecule has 0 saturated heterocycles. The van der Waals surface area contributed by atoms with Crippen LogP contribution in [-0.2, 0) is 6.54 Å². The van der Waals surface area contributed by atoms with Gasteiger partial charge >= 0.3 is 0 Å². The molecule has 0 unspecified atom stereocenters. The lowest BCUT2D eigenvalue weighted by atomic mass is 10.1. The number of aryl methyl sites for hydroxylation is 1. The minimum atomic E-state index is -0.334. The summed E-state index contributed by atoms with van der Waals surface area (Å²) in [6.45, 7) is 2.95. The van der Waals surface area contributed by atoms with Crippen molar-refractivity contribution in [1.82, 2.24) is 25.0 Å². The van der Waals surface area contributed by atoms with Gasteiger partial charge in [-0.05, 0) is 6.42 Å². The molecule has 0 aliphatic rings. The topological polar surface area (TPSA) is 102 Å². The zero-order valence-electron chi connectivity index (χ0n) is 12.6. The zero-order chi connectivity index (χ0) is 15.1. The van der Waals surface area contributed by atoms with Gasteiger partial charge in [0.1, 0.15) is 0 Å². The summed E-state index contributed by atoms with van der Waals surface area (Å²) in [5, 5.41) is 7.84. The Bertz CT molecular complexity index is 617. The van der Waals surface area contributed by atoms with Crippen LogP contribution in [0.2, 0.25) is 0 Å². The average molecular weight is 292 g/mol. The van der Waals surface area contributed by atoms with Gasteiger partial charge in [-0.25, -0.2) is 4.68 Å². The molecule has 0 aliphatic carbocycles. The van der Waals surface area contributed by atoms with Crippen LogP contribution in [0.4, 0.5) is 5.95 Å². The molecule has 2 aromatic rings. The van der Waals surface area contributed by atoms with Gasteiger partial charge in [0.25, 0.3) is 5.56 Å². The molecule has 2 heterocycles. The number of aromatic nitrogens is 5. The Morgan fingerprint density at radius 2 is 1.76 bits per heavy atom. The molecular formula is C14H24N6O. The van der Waals surface area contributed by atoms with E-state index in [0.29, 0.717) is 5.65 Å². The second-order valence-corrected chi connectivity index (χ2v) is 5.41. The highest BCUT2D eigenvalue weighted by atomic mass is 16.1. The lowest BCUT2D eigenvalue weighted by Crippen LogP contribution is -2.12. The van der Waals surface area contributed by atoms with Gasteiger partial charge in [0.2, 0.25) is 5.95 Å². The number of H-pyrrole nitrogens is 1. The van der Waals surface area contributed by atoms with Crippen molar-refractivity contribution in [2.75, 3.05) is 5.73 Å². The quantitative estimate of drug-likeness (QED) is 0.690. The van der Waals surface area contributed by atoms with Crippen molar-refractivity contribution >= 4 is 17.1 Å². The molecule has 7 nitrogen and oxygen atoms in total. The number of hydrogen-bond donors (Lipinski definition) is 2. The Morgan fingerprint density at radius 1 is 1.10 bits per heavy atom. The lowest BCUT2D eigenvalue weighted by molar-refractivity contribution is 0.517. The maximum absolute atomic E-state index is 11.6. The number of nitrogens with one attached hydrogen (secondary N) is 1. The fourth-order valence-corrected chi connectivity index (χ4v) is 2.43. The molecule has 0 amide bonds. The SMILES string of the molecule is CCCCCCCCCCn1nnc2c(=O)[nH]c(N)nc21. The summed E-state index contributed by atoms with van der Waals surface area (Å²) in [6, 6.07) is 0. The number of aromatic amines is 1. The second-order valence-electron chi connectivity index (χ2n) is 5.41. The number of nitrogen functional groups attached to an aromatic ring is 1. The highest BCUT2D eigenvalue weighted by molar-refractivity contribution is 5.69. The second kappa shape index (κ2) is 7.75. The standard InChI is InChI=1S/C14H24N6O/c1-2-3-4-5-6-7-8-9-10-20-12-11(18-19-20)13(21)17-14(15)16-12/h2-10H2,1H3,(H3,15,16,17,21). The molecule has 3 N–H and O–H groups in total. The molecular weight excluding hydrogens is 268 g/mol. The van der Waals surface area contributed by atoms with Crippen LogP contribution >= 0.6 is 0 Å². The molecule has 0 spiro atoms. The van der Waals surface area contributed by atoms with E-state index < -0.39 is 0 Å². The lowest BCUT2D eigenvalue weighted by Gasteiger charge is -2.03. The predicted octanol–water partition coefficient (Wildman–Crippen LogP) is 2.24. The summed E-state index contributed by atoms with van der Waals surface area (Å²) >= 11 is 0. The number of rotatable bonds is 9. The van der Waals surface area contributed by atoms with Crippen molar-refractivity contribution in [3.05, 3.63) is 10.4 Å². The van der Waals surface area contributed by atoms with E-state index in [9.17, 15) is 4.79 Å². The Kier molecular flexibility index (Phi) is 5.71. The van der Waals surface area contributed by atoms with Crippen molar-refractivity contribution in [3.63, 3.8) is 0 Å². The summed E-state index contributed by atoms with van der Waals surface area (Å²) in [7, 11) is 0. The maximum Gasteiger partial charge on any atom is 0.282 e. The number of nitrogens with two attached hydrogens (primary N) is 1. The summed E-state index contributed by atoms with van der Waals surface area (Å²) in [5.41, 5.74) is 5.94. The highest BCUT2D eigenvalue weighted by Crippen LogP contribution is 2.10. The summed E-state index contributed by atoms with van der Waals surface area (Å²) in [5.74, 6) is 0.104. The van der Waals surface area contributed by atoms with Crippen LogP contribution in [-0.4, -0.2) is 25.0 Å². The van der Waals surface area contributed by atoms with E-state index in [1.807, 2.05) is 0 Å². The third kappa shape index (κ3) is 4.27. The van der Waals surface area contributed by atoms with Crippen LogP contribution < -0.4 is 11.3 Å². The van der Waals surface area contributed by atoms with Gasteiger partial charge in [-0.3, -0.25) is 9.78 Å². The van der Waals surface area contributed by atoms with Gasteiger partial charge in [0, 0.05) is 6.54 Å². The van der Waals surface area contributed by atoms with Crippen molar-refractivity contribution < 1.29 is 0 Å². The predicted molar refractivity (Wildman–Crippen MR) is 83.0 cm³/mol. The molecule has 0 saturated carbocycles. The first-order valence-corrected chi connectivity index (χ1v) is 7.81. The minimum absolute atomic E-state index is 0.104. The molecule has 2 aromatic heterocycles. The maximum atomic E-state index is 11.6. The van der Waals surface area contributed by atoms with E-state index in [1.54, 1.807) is 4.68 Å². The summed E-state index contributed by atoms with van der Waals surface area (Å²) in [4.78, 5) is 18.2. The third-order valence-corrected chi connectivity index (χ3v) is 3.62. The first-order valence-electron chi connectivity index (χ1n) is 7.81. The fourth-order valence-electron chi connectivity index (χ4n) is 2.43. The largest absolute Gasteiger partial charge is 0.369 e. The number of hydrogen-bond acceptors (Lipinski definition) is 5. The molecule has 7 heteroatoms. The van der Waals surface area contributed by atoms with E-state index in [0.717, 1.165) is 19.4 Å². The molecule has 0 fully saturated rings. The number of anilines is 1. The highest BCUT2D eigenvalue weighted by Gasteiger charge is 2.10. The van der Waals surface area contributed by atoms with E-state index in [-0.39, 0.29) is 17.0 Å². The molecule has 2 rings (SSSR count). The van der Waals surface area contributed by atoms with E-state index >= 15 is 0 Å². The minimum Gasteiger partial charge on any atom is -0.369 e. The van der Waals surface area contributed by atoms with Crippen LogP contribution in [0.25, 0.3) is 11.2 Å². The van der Waals surface area contributed by atoms with Crippen molar-refractivity contribution in [2.45, 2.75) is 64.8 Å². The average Bonchev–Trinajstić information content (AvgIpc) is 2.85. The van der Waals surface area contributed by atoms with Gasteiger partial charge in [-0.2, -0.15) is 4.98 Å². The Morgan fingerprint density at radius 3 is 2.48 bits per heavy atom. The van der Waals surface area contributed by atoms with Gasteiger partial charge < -0.3 is 5.73 Å². The van der Waals surface area contributed by atoms with Crippen LogP contribution in [0.3, 0.4) is 0 Å². The van der Waals surface area contributed by atoms with Crippen LogP contribution in [0.5, 0.6) is 0 Å². The molecule has 0 aliphatic heterocycles. The summed E-state index contributed by atoms with van der Waals surface area (Å²) < 4.78 is 1.66. The molecule has 0 bridgehead atoms. The Balaban J connectivity index is 1.78. The molecule has 0 aromatic carbocycles. The van der Waals surface area contributed by atoms with E-state index in [1.165, 1.54) is 38.5 Å². The molecule has 0 radical (unpaired) electrons. The van der Waals surface area contributed by atoms with Crippen molar-refractivity contribution in [1.29, 1.82) is 0 Å².